The van der Waals surface area contributed by atoms with E-state index in [2.05, 4.69) is 35.2 Å². The molecule has 3 rings (SSSR count). The zero-order valence-electron chi connectivity index (χ0n) is 14.3. The molecule has 1 fully saturated rings. The van der Waals surface area contributed by atoms with Crippen molar-refractivity contribution in [1.29, 1.82) is 0 Å². The van der Waals surface area contributed by atoms with Gasteiger partial charge in [0.15, 0.2) is 0 Å². The molecule has 0 saturated carbocycles. The summed E-state index contributed by atoms with van der Waals surface area (Å²) < 4.78 is 5.26. The first-order valence-corrected chi connectivity index (χ1v) is 9.18. The highest BCUT2D eigenvalue weighted by Crippen LogP contribution is 2.27. The second kappa shape index (κ2) is 7.81. The maximum absolute atomic E-state index is 12.6. The van der Waals surface area contributed by atoms with Crippen LogP contribution >= 0.6 is 11.3 Å². The number of likely N-dealkylation sites (tertiary alicyclic amines) is 1. The molecule has 1 aromatic carbocycles. The van der Waals surface area contributed by atoms with Gasteiger partial charge >= 0.3 is 0 Å². The van der Waals surface area contributed by atoms with Crippen LogP contribution in [0.2, 0.25) is 0 Å². The van der Waals surface area contributed by atoms with Crippen molar-refractivity contribution in [2.24, 2.45) is 5.92 Å². The molecule has 0 spiro atoms. The summed E-state index contributed by atoms with van der Waals surface area (Å²) in [5.74, 6) is 1.27. The second-order valence-corrected chi connectivity index (χ2v) is 7.30. The van der Waals surface area contributed by atoms with Gasteiger partial charge in [0.25, 0.3) is 5.91 Å². The van der Waals surface area contributed by atoms with Gasteiger partial charge in [-0.25, -0.2) is 0 Å². The molecule has 1 saturated heterocycles. The first-order chi connectivity index (χ1) is 11.7. The molecular weight excluding hydrogens is 320 g/mol. The maximum Gasteiger partial charge on any atom is 0.267 e. The molecule has 128 valence electrons. The van der Waals surface area contributed by atoms with Gasteiger partial charge in [-0.05, 0) is 35.9 Å². The third-order valence-corrected chi connectivity index (χ3v) is 5.42. The van der Waals surface area contributed by atoms with Gasteiger partial charge in [-0.2, -0.15) is 0 Å². The van der Waals surface area contributed by atoms with E-state index in [0.717, 1.165) is 32.6 Å². The van der Waals surface area contributed by atoms with Crippen LogP contribution in [-0.4, -0.2) is 49.5 Å². The summed E-state index contributed by atoms with van der Waals surface area (Å²) in [5, 5.41) is 1.90. The number of thiophene rings is 1. The Morgan fingerprint density at radius 1 is 1.33 bits per heavy atom. The molecule has 0 aliphatic carbocycles. The molecule has 0 bridgehead atoms. The van der Waals surface area contributed by atoms with Crippen LogP contribution in [0.3, 0.4) is 0 Å². The average molecular weight is 344 g/mol. The summed E-state index contributed by atoms with van der Waals surface area (Å²) in [7, 11) is 3.50. The maximum atomic E-state index is 12.6. The summed E-state index contributed by atoms with van der Waals surface area (Å²) in [6, 6.07) is 12.4. The van der Waals surface area contributed by atoms with E-state index < -0.39 is 0 Å². The van der Waals surface area contributed by atoms with Gasteiger partial charge in [0.1, 0.15) is 10.6 Å². The largest absolute Gasteiger partial charge is 0.495 e. The van der Waals surface area contributed by atoms with Crippen LogP contribution in [0.25, 0.3) is 0 Å². The number of carbonyl (C=O) groups is 1. The van der Waals surface area contributed by atoms with Gasteiger partial charge < -0.3 is 9.64 Å². The Balaban J connectivity index is 1.52. The number of amides is 1. The van der Waals surface area contributed by atoms with E-state index in [-0.39, 0.29) is 5.91 Å². The van der Waals surface area contributed by atoms with E-state index in [1.807, 2.05) is 23.4 Å². The van der Waals surface area contributed by atoms with Crippen molar-refractivity contribution in [3.05, 3.63) is 52.2 Å². The smallest absolute Gasteiger partial charge is 0.267 e. The van der Waals surface area contributed by atoms with Crippen LogP contribution in [0.1, 0.15) is 21.7 Å². The number of hydrogen-bond acceptors (Lipinski definition) is 4. The standard InChI is InChI=1S/C19H24N2O2S/c1-20(19(22)18-17(23-2)9-11-24-18)12-16-8-10-21(14-16)13-15-6-4-3-5-7-15/h3-7,9,11,16H,8,10,12-14H2,1-2H3/t16-/m0/s1. The number of rotatable bonds is 6. The van der Waals surface area contributed by atoms with Crippen molar-refractivity contribution in [3.8, 4) is 5.75 Å². The van der Waals surface area contributed by atoms with Gasteiger partial charge in [-0.1, -0.05) is 30.3 Å². The zero-order chi connectivity index (χ0) is 16.9. The van der Waals surface area contributed by atoms with Crippen molar-refractivity contribution in [2.75, 3.05) is 33.8 Å². The molecule has 4 nitrogen and oxygen atoms in total. The number of carbonyl (C=O) groups excluding carboxylic acids is 1. The van der Waals surface area contributed by atoms with Gasteiger partial charge in [-0.15, -0.1) is 11.3 Å². The summed E-state index contributed by atoms with van der Waals surface area (Å²) in [6.07, 6.45) is 1.14. The Morgan fingerprint density at radius 3 is 2.88 bits per heavy atom. The molecule has 2 aromatic rings. The molecule has 0 radical (unpaired) electrons. The first-order valence-electron chi connectivity index (χ1n) is 8.30. The minimum absolute atomic E-state index is 0.0587. The number of nitrogens with zero attached hydrogens (tertiary/aromatic N) is 2. The van der Waals surface area contributed by atoms with Crippen LogP contribution in [0.15, 0.2) is 41.8 Å². The quantitative estimate of drug-likeness (QED) is 0.806. The summed E-state index contributed by atoms with van der Waals surface area (Å²) in [5.41, 5.74) is 1.35. The molecule has 2 heterocycles. The van der Waals surface area contributed by atoms with Crippen LogP contribution < -0.4 is 4.74 Å². The summed E-state index contributed by atoms with van der Waals surface area (Å²) in [6.45, 7) is 3.94. The Morgan fingerprint density at radius 2 is 2.12 bits per heavy atom. The lowest BCUT2D eigenvalue weighted by molar-refractivity contribution is 0.0775. The van der Waals surface area contributed by atoms with Crippen molar-refractivity contribution in [1.82, 2.24) is 9.80 Å². The third-order valence-electron chi connectivity index (χ3n) is 4.54. The molecule has 1 aliphatic heterocycles. The highest BCUT2D eigenvalue weighted by molar-refractivity contribution is 7.12. The minimum Gasteiger partial charge on any atom is -0.495 e. The van der Waals surface area contributed by atoms with E-state index >= 15 is 0 Å². The highest BCUT2D eigenvalue weighted by Gasteiger charge is 2.26. The Labute approximate surface area is 147 Å². The number of methoxy groups -OCH3 is 1. The molecule has 1 aliphatic rings. The van der Waals surface area contributed by atoms with E-state index in [9.17, 15) is 4.79 Å². The normalized spacial score (nSPS) is 17.8. The molecular formula is C19H24N2O2S. The average Bonchev–Trinajstić information content (AvgIpc) is 3.24. The van der Waals surface area contributed by atoms with E-state index in [4.69, 9.17) is 4.74 Å². The summed E-state index contributed by atoms with van der Waals surface area (Å²) in [4.78, 5) is 17.6. The van der Waals surface area contributed by atoms with Gasteiger partial charge in [0.05, 0.1) is 7.11 Å². The monoisotopic (exact) mass is 344 g/mol. The SMILES string of the molecule is COc1ccsc1C(=O)N(C)C[C@@H]1CCN(Cc2ccccc2)C1. The van der Waals surface area contributed by atoms with Crippen LogP contribution in [0.5, 0.6) is 5.75 Å². The van der Waals surface area contributed by atoms with Crippen molar-refractivity contribution in [2.45, 2.75) is 13.0 Å². The highest BCUT2D eigenvalue weighted by atomic mass is 32.1. The fourth-order valence-electron chi connectivity index (χ4n) is 3.30. The van der Waals surface area contributed by atoms with Gasteiger partial charge in [-0.3, -0.25) is 9.69 Å². The Kier molecular flexibility index (Phi) is 5.53. The fraction of sp³-hybridized carbons (Fsp3) is 0.421. The third kappa shape index (κ3) is 3.97. The van der Waals surface area contributed by atoms with E-state index in [0.29, 0.717) is 16.5 Å². The van der Waals surface area contributed by atoms with E-state index in [1.54, 1.807) is 7.11 Å². The van der Waals surface area contributed by atoms with Crippen molar-refractivity contribution >= 4 is 17.2 Å². The lowest BCUT2D eigenvalue weighted by Crippen LogP contribution is -2.32. The molecule has 1 amide bonds. The minimum atomic E-state index is 0.0587. The van der Waals surface area contributed by atoms with E-state index in [1.165, 1.54) is 16.9 Å². The predicted molar refractivity (Wildman–Crippen MR) is 97.7 cm³/mol. The first kappa shape index (κ1) is 17.0. The predicted octanol–water partition coefficient (Wildman–Crippen LogP) is 3.35. The molecule has 5 heteroatoms. The Hall–Kier alpha value is -1.85. The van der Waals surface area contributed by atoms with Crippen LogP contribution in [-0.2, 0) is 6.54 Å². The fourth-order valence-corrected chi connectivity index (χ4v) is 4.16. The lowest BCUT2D eigenvalue weighted by Gasteiger charge is -2.22. The van der Waals surface area contributed by atoms with Gasteiger partial charge in [0.2, 0.25) is 0 Å². The molecule has 24 heavy (non-hydrogen) atoms. The molecule has 1 aromatic heterocycles. The number of benzene rings is 1. The topological polar surface area (TPSA) is 32.8 Å². The van der Waals surface area contributed by atoms with Crippen LogP contribution in [0.4, 0.5) is 0 Å². The second-order valence-electron chi connectivity index (χ2n) is 6.38. The summed E-state index contributed by atoms with van der Waals surface area (Å²) >= 11 is 1.44. The van der Waals surface area contributed by atoms with Crippen molar-refractivity contribution < 1.29 is 9.53 Å². The zero-order valence-corrected chi connectivity index (χ0v) is 15.1. The van der Waals surface area contributed by atoms with Gasteiger partial charge in [0, 0.05) is 26.7 Å². The Bertz CT molecular complexity index is 671. The molecule has 0 unspecified atom stereocenters. The lowest BCUT2D eigenvalue weighted by atomic mass is 10.1. The van der Waals surface area contributed by atoms with Crippen LogP contribution in [0, 0.1) is 5.92 Å². The van der Waals surface area contributed by atoms with Crippen molar-refractivity contribution in [3.63, 3.8) is 0 Å². The number of hydrogen-bond donors (Lipinski definition) is 0. The molecule has 0 N–H and O–H groups in total. The molecule has 1 atom stereocenters. The number of ether oxygens (including phenoxy) is 1.